The number of hydrogen-bond acceptors (Lipinski definition) is 8. The summed E-state index contributed by atoms with van der Waals surface area (Å²) in [6.45, 7) is 1.74. The Morgan fingerprint density at radius 2 is 1.70 bits per heavy atom. The first kappa shape index (κ1) is 20.9. The van der Waals surface area contributed by atoms with Crippen LogP contribution in [0.25, 0.3) is 21.9 Å². The van der Waals surface area contributed by atoms with Crippen molar-refractivity contribution in [2.24, 2.45) is 5.73 Å². The van der Waals surface area contributed by atoms with Crippen LogP contribution in [0, 0.1) is 0 Å². The van der Waals surface area contributed by atoms with Crippen LogP contribution in [0.2, 0.25) is 0 Å². The van der Waals surface area contributed by atoms with E-state index in [-0.39, 0.29) is 19.3 Å². The van der Waals surface area contributed by atoms with Crippen LogP contribution in [0.15, 0.2) is 30.3 Å². The number of nitrogens with one attached hydrogen (secondary N) is 1. The normalized spacial score (nSPS) is 14.6. The molecular weight excluding hydrogens is 428 g/mol. The molecule has 9 heteroatoms. The number of rotatable bonds is 5. The zero-order valence-electron chi connectivity index (χ0n) is 18.3. The van der Waals surface area contributed by atoms with E-state index in [1.807, 2.05) is 12.1 Å². The first-order chi connectivity index (χ1) is 15.9. The maximum atomic E-state index is 12.9. The summed E-state index contributed by atoms with van der Waals surface area (Å²) >= 11 is 0. The topological polar surface area (TPSA) is 118 Å². The van der Waals surface area contributed by atoms with Crippen LogP contribution < -0.4 is 30.0 Å². The minimum Gasteiger partial charge on any atom is -0.493 e. The summed E-state index contributed by atoms with van der Waals surface area (Å²) in [5, 5.41) is 4.21. The Hall–Kier alpha value is -3.98. The van der Waals surface area contributed by atoms with Gasteiger partial charge >= 0.3 is 5.97 Å². The van der Waals surface area contributed by atoms with Gasteiger partial charge in [-0.15, -0.1) is 0 Å². The summed E-state index contributed by atoms with van der Waals surface area (Å²) in [7, 11) is 3.06. The van der Waals surface area contributed by atoms with Gasteiger partial charge in [0.2, 0.25) is 12.7 Å². The Morgan fingerprint density at radius 1 is 1.00 bits per heavy atom. The molecule has 1 atom stereocenters. The maximum absolute atomic E-state index is 12.9. The van der Waals surface area contributed by atoms with E-state index in [1.165, 1.54) is 14.2 Å². The average molecular weight is 450 g/mol. The van der Waals surface area contributed by atoms with Crippen molar-refractivity contribution in [1.82, 2.24) is 0 Å². The summed E-state index contributed by atoms with van der Waals surface area (Å²) in [4.78, 5) is 25.5. The molecule has 2 aliphatic heterocycles. The van der Waals surface area contributed by atoms with E-state index in [0.29, 0.717) is 56.1 Å². The number of hydrogen-bond donors (Lipinski definition) is 2. The minimum atomic E-state index is -0.748. The Kier molecular flexibility index (Phi) is 4.98. The number of carbonyl (C=O) groups is 2. The third-order valence-electron chi connectivity index (χ3n) is 5.79. The Morgan fingerprint density at radius 3 is 2.39 bits per heavy atom. The molecule has 5 rings (SSSR count). The largest absolute Gasteiger partial charge is 0.493 e. The van der Waals surface area contributed by atoms with Crippen LogP contribution in [0.1, 0.15) is 22.8 Å². The molecule has 0 radical (unpaired) electrons. The second-order valence-corrected chi connectivity index (χ2v) is 7.78. The lowest BCUT2D eigenvalue weighted by Crippen LogP contribution is -2.33. The van der Waals surface area contributed by atoms with Crippen molar-refractivity contribution in [3.05, 3.63) is 41.5 Å². The molecule has 0 saturated heterocycles. The van der Waals surface area contributed by atoms with Crippen molar-refractivity contribution in [2.75, 3.05) is 26.3 Å². The van der Waals surface area contributed by atoms with Gasteiger partial charge in [0.05, 0.1) is 31.5 Å². The number of fused-ring (bicyclic) bond motifs is 3. The smallest absolute Gasteiger partial charge is 0.339 e. The highest BCUT2D eigenvalue weighted by Crippen LogP contribution is 2.48. The lowest BCUT2D eigenvalue weighted by atomic mass is 9.88. The van der Waals surface area contributed by atoms with E-state index in [9.17, 15) is 9.59 Å². The summed E-state index contributed by atoms with van der Waals surface area (Å²) in [5.41, 5.74) is 8.56. The highest BCUT2D eigenvalue weighted by atomic mass is 16.7. The highest BCUT2D eigenvalue weighted by Gasteiger charge is 2.33. The van der Waals surface area contributed by atoms with Gasteiger partial charge in [0.15, 0.2) is 23.0 Å². The van der Waals surface area contributed by atoms with E-state index >= 15 is 0 Å². The molecule has 1 amide bonds. The maximum Gasteiger partial charge on any atom is 0.339 e. The SMILES string of the molecule is COc1cc2c(NC(=O)[C@H](C)N)c3c(c(-c4ccc5c(c4)OCO5)c2cc1OC)C(=O)OC3. The fourth-order valence-electron chi connectivity index (χ4n) is 4.18. The van der Waals surface area contributed by atoms with Gasteiger partial charge in [-0.1, -0.05) is 6.07 Å². The predicted molar refractivity (Wildman–Crippen MR) is 120 cm³/mol. The third-order valence-corrected chi connectivity index (χ3v) is 5.79. The molecule has 170 valence electrons. The lowest BCUT2D eigenvalue weighted by molar-refractivity contribution is -0.117. The summed E-state index contributed by atoms with van der Waals surface area (Å²) in [6.07, 6.45) is 0. The van der Waals surface area contributed by atoms with Crippen LogP contribution >= 0.6 is 0 Å². The predicted octanol–water partition coefficient (Wildman–Crippen LogP) is 3.21. The number of anilines is 1. The van der Waals surface area contributed by atoms with E-state index in [1.54, 1.807) is 25.1 Å². The standard InChI is InChI=1S/C24H22N2O7/c1-11(25)23(27)26-22-14-8-18(30-3)17(29-2)7-13(14)20(21-15(22)9-31-24(21)28)12-4-5-16-19(6-12)33-10-32-16/h4-8,11H,9-10,25H2,1-3H3,(H,26,27)/t11-/m0/s1. The number of benzene rings is 3. The first-order valence-electron chi connectivity index (χ1n) is 10.3. The molecule has 33 heavy (non-hydrogen) atoms. The molecule has 0 fully saturated rings. The molecule has 3 N–H and O–H groups in total. The second-order valence-electron chi connectivity index (χ2n) is 7.78. The van der Waals surface area contributed by atoms with E-state index < -0.39 is 12.0 Å². The number of cyclic esters (lactones) is 1. The van der Waals surface area contributed by atoms with Crippen molar-refractivity contribution < 1.29 is 33.3 Å². The number of nitrogens with two attached hydrogens (primary N) is 1. The van der Waals surface area contributed by atoms with Crippen LogP contribution in [0.4, 0.5) is 5.69 Å². The summed E-state index contributed by atoms with van der Waals surface area (Å²) in [6, 6.07) is 8.27. The monoisotopic (exact) mass is 450 g/mol. The van der Waals surface area contributed by atoms with Gasteiger partial charge in [-0.25, -0.2) is 4.79 Å². The Balaban J connectivity index is 1.87. The van der Waals surface area contributed by atoms with Gasteiger partial charge in [-0.05, 0) is 42.1 Å². The Labute approximate surface area is 189 Å². The van der Waals surface area contributed by atoms with Crippen molar-refractivity contribution in [3.8, 4) is 34.1 Å². The molecule has 9 nitrogen and oxygen atoms in total. The van der Waals surface area contributed by atoms with E-state index in [4.69, 9.17) is 29.4 Å². The van der Waals surface area contributed by atoms with Gasteiger partial charge in [-0.2, -0.15) is 0 Å². The number of methoxy groups -OCH3 is 2. The minimum absolute atomic E-state index is 0.0184. The molecule has 2 aliphatic rings. The third kappa shape index (κ3) is 3.28. The van der Waals surface area contributed by atoms with Gasteiger partial charge in [-0.3, -0.25) is 4.79 Å². The van der Waals surface area contributed by atoms with Crippen LogP contribution in [0.5, 0.6) is 23.0 Å². The van der Waals surface area contributed by atoms with Crippen molar-refractivity contribution >= 4 is 28.3 Å². The number of esters is 1. The summed E-state index contributed by atoms with van der Waals surface area (Å²) < 4.78 is 27.4. The van der Waals surface area contributed by atoms with E-state index in [2.05, 4.69) is 5.32 Å². The summed E-state index contributed by atoms with van der Waals surface area (Å²) in [5.74, 6) is 1.29. The fourth-order valence-corrected chi connectivity index (χ4v) is 4.18. The van der Waals surface area contributed by atoms with Crippen molar-refractivity contribution in [3.63, 3.8) is 0 Å². The molecule has 0 saturated carbocycles. The van der Waals surface area contributed by atoms with Crippen LogP contribution in [-0.4, -0.2) is 38.9 Å². The quantitative estimate of drug-likeness (QED) is 0.569. The van der Waals surface area contributed by atoms with Gasteiger partial charge in [0.25, 0.3) is 0 Å². The molecule has 0 spiro atoms. The molecule has 0 bridgehead atoms. The van der Waals surface area contributed by atoms with Gasteiger partial charge < -0.3 is 34.7 Å². The van der Waals surface area contributed by atoms with Crippen molar-refractivity contribution in [2.45, 2.75) is 19.6 Å². The lowest BCUT2D eigenvalue weighted by Gasteiger charge is -2.20. The van der Waals surface area contributed by atoms with Crippen molar-refractivity contribution in [1.29, 1.82) is 0 Å². The molecule has 0 aromatic heterocycles. The Bertz CT molecular complexity index is 1320. The number of carbonyl (C=O) groups excluding carboxylic acids is 2. The first-order valence-corrected chi connectivity index (χ1v) is 10.3. The van der Waals surface area contributed by atoms with Crippen LogP contribution in [-0.2, 0) is 16.1 Å². The molecule has 0 unspecified atom stereocenters. The van der Waals surface area contributed by atoms with Gasteiger partial charge in [0.1, 0.15) is 6.61 Å². The molecule has 2 heterocycles. The van der Waals surface area contributed by atoms with E-state index in [0.717, 1.165) is 5.56 Å². The number of ether oxygens (including phenoxy) is 5. The number of amides is 1. The highest BCUT2D eigenvalue weighted by molar-refractivity contribution is 6.18. The van der Waals surface area contributed by atoms with Gasteiger partial charge in [0, 0.05) is 16.5 Å². The molecule has 3 aromatic carbocycles. The van der Waals surface area contributed by atoms with Crippen LogP contribution in [0.3, 0.4) is 0 Å². The fraction of sp³-hybridized carbons (Fsp3) is 0.250. The molecular formula is C24H22N2O7. The molecule has 0 aliphatic carbocycles. The molecule has 3 aromatic rings. The average Bonchev–Trinajstić information content (AvgIpc) is 3.44. The zero-order chi connectivity index (χ0) is 23.3. The second kappa shape index (κ2) is 7.86. The zero-order valence-corrected chi connectivity index (χ0v) is 18.3.